The van der Waals surface area contributed by atoms with E-state index in [4.69, 9.17) is 0 Å². The van der Waals surface area contributed by atoms with Gasteiger partial charge in [0.1, 0.15) is 0 Å². The third-order valence-corrected chi connectivity index (χ3v) is 3.30. The van der Waals surface area contributed by atoms with Gasteiger partial charge < -0.3 is 4.90 Å². The molecular weight excluding hydrogens is 165 g/mol. The molecule has 1 nitrogen and oxygen atoms in total. The summed E-state index contributed by atoms with van der Waals surface area (Å²) in [5.74, 6) is 1.46. The van der Waals surface area contributed by atoms with Crippen LogP contribution in [0.2, 0.25) is 0 Å². The Bertz CT molecular complexity index is 156. The molecule has 2 atom stereocenters. The van der Waals surface area contributed by atoms with E-state index in [2.05, 4.69) is 32.6 Å². The summed E-state index contributed by atoms with van der Waals surface area (Å²) < 4.78 is 12.7. The maximum absolute atomic E-state index is 12.7. The number of hydrogen-bond acceptors (Lipinski definition) is 1. The van der Waals surface area contributed by atoms with Gasteiger partial charge in [-0.15, -0.1) is 0 Å². The van der Waals surface area contributed by atoms with Crippen LogP contribution in [0.5, 0.6) is 0 Å². The molecule has 78 valence electrons. The van der Waals surface area contributed by atoms with E-state index in [1.54, 1.807) is 0 Å². The lowest BCUT2D eigenvalue weighted by Crippen LogP contribution is -2.29. The van der Waals surface area contributed by atoms with Crippen molar-refractivity contribution in [2.45, 2.75) is 33.7 Å². The number of halogens is 1. The molecule has 0 aromatic rings. The van der Waals surface area contributed by atoms with Crippen LogP contribution in [0.4, 0.5) is 4.39 Å². The molecule has 1 aliphatic rings. The Kier molecular flexibility index (Phi) is 3.72. The second-order valence-corrected chi connectivity index (χ2v) is 4.87. The predicted octanol–water partition coefficient (Wildman–Crippen LogP) is 2.57. The van der Waals surface area contributed by atoms with Crippen LogP contribution in [0.3, 0.4) is 0 Å². The average Bonchev–Trinajstić information content (AvgIpc) is 2.47. The molecule has 0 spiro atoms. The van der Waals surface area contributed by atoms with Crippen LogP contribution in [0.15, 0.2) is 0 Å². The van der Waals surface area contributed by atoms with Crippen LogP contribution in [0.25, 0.3) is 0 Å². The fourth-order valence-corrected chi connectivity index (χ4v) is 2.27. The van der Waals surface area contributed by atoms with Gasteiger partial charge in [-0.25, -0.2) is 0 Å². The zero-order valence-corrected chi connectivity index (χ0v) is 9.26. The Morgan fingerprint density at radius 1 is 1.23 bits per heavy atom. The summed E-state index contributed by atoms with van der Waals surface area (Å²) in [6.45, 7) is 10.7. The Hall–Kier alpha value is -0.110. The predicted molar refractivity (Wildman–Crippen MR) is 54.5 cm³/mol. The van der Waals surface area contributed by atoms with Crippen LogP contribution in [0, 0.1) is 17.8 Å². The summed E-state index contributed by atoms with van der Waals surface area (Å²) in [5.41, 5.74) is 0. The topological polar surface area (TPSA) is 3.24 Å². The van der Waals surface area contributed by atoms with Gasteiger partial charge in [0.2, 0.25) is 0 Å². The fraction of sp³-hybridized carbons (Fsp3) is 1.00. The average molecular weight is 187 g/mol. The number of rotatable bonds is 3. The maximum Gasteiger partial charge on any atom is 0.0938 e. The molecule has 13 heavy (non-hydrogen) atoms. The molecule has 2 unspecified atom stereocenters. The summed E-state index contributed by atoms with van der Waals surface area (Å²) >= 11 is 0. The number of nitrogens with zero attached hydrogens (tertiary/aromatic N) is 1. The molecule has 0 amide bonds. The molecule has 1 fully saturated rings. The largest absolute Gasteiger partial charge is 0.300 e. The van der Waals surface area contributed by atoms with Crippen LogP contribution in [-0.2, 0) is 0 Å². The van der Waals surface area contributed by atoms with Crippen molar-refractivity contribution < 1.29 is 4.39 Å². The first-order valence-corrected chi connectivity index (χ1v) is 5.36. The Labute approximate surface area is 81.3 Å². The third kappa shape index (κ3) is 2.43. The Balaban J connectivity index is 2.56. The van der Waals surface area contributed by atoms with Crippen molar-refractivity contribution in [2.24, 2.45) is 17.8 Å². The van der Waals surface area contributed by atoms with Crippen LogP contribution < -0.4 is 0 Å². The molecule has 0 N–H and O–H groups in total. The molecule has 0 aromatic heterocycles. The summed E-state index contributed by atoms with van der Waals surface area (Å²) in [5, 5.41) is 0. The van der Waals surface area contributed by atoms with E-state index in [1.807, 2.05) is 0 Å². The lowest BCUT2D eigenvalue weighted by molar-refractivity contribution is 0.253. The van der Waals surface area contributed by atoms with Gasteiger partial charge in [-0.05, 0) is 25.7 Å². The molecule has 0 aliphatic carbocycles. The first-order chi connectivity index (χ1) is 6.06. The summed E-state index contributed by atoms with van der Waals surface area (Å²) in [6, 6.07) is 0.567. The lowest BCUT2D eigenvalue weighted by Gasteiger charge is -2.21. The van der Waals surface area contributed by atoms with Gasteiger partial charge in [0.25, 0.3) is 0 Å². The Morgan fingerprint density at radius 2 is 1.85 bits per heavy atom. The number of likely N-dealkylation sites (tertiary alicyclic amines) is 1. The van der Waals surface area contributed by atoms with E-state index >= 15 is 0 Å². The highest BCUT2D eigenvalue weighted by Gasteiger charge is 2.35. The van der Waals surface area contributed by atoms with E-state index in [0.717, 1.165) is 13.1 Å². The van der Waals surface area contributed by atoms with E-state index in [0.29, 0.717) is 17.9 Å². The van der Waals surface area contributed by atoms with Gasteiger partial charge in [-0.2, -0.15) is 0 Å². The van der Waals surface area contributed by atoms with Crippen molar-refractivity contribution in [3.63, 3.8) is 0 Å². The molecule has 1 rings (SSSR count). The molecular formula is C11H22FN. The van der Waals surface area contributed by atoms with Gasteiger partial charge in [0.05, 0.1) is 6.67 Å². The first-order valence-electron chi connectivity index (χ1n) is 5.36. The van der Waals surface area contributed by atoms with Crippen molar-refractivity contribution >= 4 is 0 Å². The van der Waals surface area contributed by atoms with Crippen molar-refractivity contribution in [2.75, 3.05) is 19.8 Å². The molecule has 0 bridgehead atoms. The smallest absolute Gasteiger partial charge is 0.0938 e. The minimum Gasteiger partial charge on any atom is -0.300 e. The SMILES string of the molecule is CC(C)C1CN(C(C)C)CC1CF. The monoisotopic (exact) mass is 187 g/mol. The lowest BCUT2D eigenvalue weighted by atomic mass is 9.87. The first kappa shape index (κ1) is 11.0. The molecule has 1 saturated heterocycles. The van der Waals surface area contributed by atoms with Crippen LogP contribution in [0.1, 0.15) is 27.7 Å². The van der Waals surface area contributed by atoms with Gasteiger partial charge in [0.15, 0.2) is 0 Å². The minimum atomic E-state index is -0.147. The zero-order valence-electron chi connectivity index (χ0n) is 9.26. The third-order valence-electron chi connectivity index (χ3n) is 3.30. The maximum atomic E-state index is 12.7. The summed E-state index contributed by atoms with van der Waals surface area (Å²) in [6.07, 6.45) is 0. The molecule has 2 heteroatoms. The molecule has 0 aromatic carbocycles. The summed E-state index contributed by atoms with van der Waals surface area (Å²) in [7, 11) is 0. The second-order valence-electron chi connectivity index (χ2n) is 4.87. The van der Waals surface area contributed by atoms with Gasteiger partial charge in [-0.3, -0.25) is 4.39 Å². The van der Waals surface area contributed by atoms with Crippen molar-refractivity contribution in [1.82, 2.24) is 4.90 Å². The van der Waals surface area contributed by atoms with E-state index < -0.39 is 0 Å². The van der Waals surface area contributed by atoms with E-state index in [9.17, 15) is 4.39 Å². The normalized spacial score (nSPS) is 30.7. The van der Waals surface area contributed by atoms with Crippen molar-refractivity contribution in [3.8, 4) is 0 Å². The zero-order chi connectivity index (χ0) is 10.0. The van der Waals surface area contributed by atoms with Crippen LogP contribution >= 0.6 is 0 Å². The highest BCUT2D eigenvalue weighted by molar-refractivity contribution is 4.86. The molecule has 1 heterocycles. The molecule has 0 saturated carbocycles. The molecule has 0 radical (unpaired) electrons. The highest BCUT2D eigenvalue weighted by Crippen LogP contribution is 2.30. The number of alkyl halides is 1. The second kappa shape index (κ2) is 4.41. The van der Waals surface area contributed by atoms with Crippen molar-refractivity contribution in [3.05, 3.63) is 0 Å². The standard InChI is InChI=1S/C11H22FN/c1-8(2)11-7-13(9(3)4)6-10(11)5-12/h8-11H,5-7H2,1-4H3. The fourth-order valence-electron chi connectivity index (χ4n) is 2.27. The van der Waals surface area contributed by atoms with Gasteiger partial charge >= 0.3 is 0 Å². The van der Waals surface area contributed by atoms with E-state index in [1.165, 1.54) is 0 Å². The highest BCUT2D eigenvalue weighted by atomic mass is 19.1. The Morgan fingerprint density at radius 3 is 2.15 bits per heavy atom. The van der Waals surface area contributed by atoms with Crippen LogP contribution in [-0.4, -0.2) is 30.7 Å². The summed E-state index contributed by atoms with van der Waals surface area (Å²) in [4.78, 5) is 2.40. The molecule has 1 aliphatic heterocycles. The quantitative estimate of drug-likeness (QED) is 0.656. The van der Waals surface area contributed by atoms with Gasteiger partial charge in [-0.1, -0.05) is 13.8 Å². The number of hydrogen-bond donors (Lipinski definition) is 0. The van der Waals surface area contributed by atoms with Crippen molar-refractivity contribution in [1.29, 1.82) is 0 Å². The minimum absolute atomic E-state index is 0.147. The van der Waals surface area contributed by atoms with E-state index in [-0.39, 0.29) is 12.6 Å². The van der Waals surface area contributed by atoms with Gasteiger partial charge in [0, 0.05) is 25.0 Å².